The number of hydrogen-bond donors (Lipinski definition) is 3. The van der Waals surface area contributed by atoms with Gasteiger partial charge in [-0.25, -0.2) is 4.98 Å². The first-order valence-corrected chi connectivity index (χ1v) is 5.55. The summed E-state index contributed by atoms with van der Waals surface area (Å²) in [6.45, 7) is 2.69. The van der Waals surface area contributed by atoms with E-state index in [4.69, 9.17) is 4.74 Å². The van der Waals surface area contributed by atoms with Crippen LogP contribution >= 0.6 is 0 Å². The lowest BCUT2D eigenvalue weighted by molar-refractivity contribution is 0.0123. The van der Waals surface area contributed by atoms with Crippen molar-refractivity contribution in [2.24, 2.45) is 0 Å². The van der Waals surface area contributed by atoms with Crippen LogP contribution in [0.3, 0.4) is 0 Å². The molecule has 0 atom stereocenters. The van der Waals surface area contributed by atoms with Crippen molar-refractivity contribution >= 4 is 5.91 Å². The van der Waals surface area contributed by atoms with Gasteiger partial charge in [0, 0.05) is 13.2 Å². The van der Waals surface area contributed by atoms with E-state index in [1.165, 1.54) is 0 Å². The van der Waals surface area contributed by atoms with Crippen LogP contribution in [-0.2, 0) is 4.74 Å². The average molecular weight is 240 g/mol. The largest absolute Gasteiger partial charge is 0.394 e. The Morgan fingerprint density at radius 2 is 2.29 bits per heavy atom. The molecule has 1 fully saturated rings. The molecule has 94 valence electrons. The summed E-state index contributed by atoms with van der Waals surface area (Å²) in [5.74, 6) is 0.312. The fraction of sp³-hybridized carbons (Fsp3) is 0.700. The van der Waals surface area contributed by atoms with Gasteiger partial charge in [0.25, 0.3) is 5.91 Å². The summed E-state index contributed by atoms with van der Waals surface area (Å²) in [6.07, 6.45) is 1.19. The molecule has 2 heterocycles. The maximum Gasteiger partial charge on any atom is 0.291 e. The van der Waals surface area contributed by atoms with E-state index in [1.54, 1.807) is 6.92 Å². The van der Waals surface area contributed by atoms with Gasteiger partial charge in [0.15, 0.2) is 0 Å². The number of aliphatic hydroxyl groups is 1. The molecule has 0 aliphatic carbocycles. The second-order valence-electron chi connectivity index (χ2n) is 4.25. The van der Waals surface area contributed by atoms with Gasteiger partial charge in [-0.2, -0.15) is 0 Å². The number of hydrogen-bond acceptors (Lipinski definition) is 5. The molecule has 0 aromatic carbocycles. The zero-order valence-corrected chi connectivity index (χ0v) is 9.69. The number of aliphatic hydroxyl groups excluding tert-OH is 1. The van der Waals surface area contributed by atoms with E-state index in [0.717, 1.165) is 0 Å². The lowest BCUT2D eigenvalue weighted by atomic mass is 9.91. The average Bonchev–Trinajstić information content (AvgIpc) is 2.77. The minimum Gasteiger partial charge on any atom is -0.394 e. The molecule has 1 aromatic heterocycles. The predicted octanol–water partition coefficient (Wildman–Crippen LogP) is -0.616. The molecule has 0 spiro atoms. The van der Waals surface area contributed by atoms with Gasteiger partial charge in [-0.05, 0) is 19.8 Å². The Morgan fingerprint density at radius 1 is 1.59 bits per heavy atom. The molecule has 7 nitrogen and oxygen atoms in total. The molecule has 3 N–H and O–H groups in total. The highest BCUT2D eigenvalue weighted by Gasteiger charge is 2.34. The smallest absolute Gasteiger partial charge is 0.291 e. The van der Waals surface area contributed by atoms with Crippen LogP contribution in [0.5, 0.6) is 0 Å². The molecule has 0 unspecified atom stereocenters. The molecular weight excluding hydrogens is 224 g/mol. The quantitative estimate of drug-likeness (QED) is 0.654. The summed E-state index contributed by atoms with van der Waals surface area (Å²) in [7, 11) is 0. The zero-order chi connectivity index (χ0) is 12.3. The van der Waals surface area contributed by atoms with Gasteiger partial charge in [0.2, 0.25) is 5.82 Å². The second kappa shape index (κ2) is 4.80. The molecule has 1 amide bonds. The van der Waals surface area contributed by atoms with Crippen molar-refractivity contribution in [3.63, 3.8) is 0 Å². The van der Waals surface area contributed by atoms with Crippen LogP contribution in [0, 0.1) is 6.92 Å². The lowest BCUT2D eigenvalue weighted by Gasteiger charge is -2.35. The second-order valence-corrected chi connectivity index (χ2v) is 4.25. The van der Waals surface area contributed by atoms with Crippen LogP contribution in [0.25, 0.3) is 0 Å². The van der Waals surface area contributed by atoms with Gasteiger partial charge >= 0.3 is 0 Å². The van der Waals surface area contributed by atoms with Gasteiger partial charge in [0.05, 0.1) is 12.1 Å². The molecular formula is C10H16N4O3. The summed E-state index contributed by atoms with van der Waals surface area (Å²) >= 11 is 0. The fourth-order valence-corrected chi connectivity index (χ4v) is 1.83. The minimum absolute atomic E-state index is 0.0989. The molecule has 2 rings (SSSR count). The van der Waals surface area contributed by atoms with Crippen molar-refractivity contribution in [3.8, 4) is 0 Å². The molecule has 0 bridgehead atoms. The topological polar surface area (TPSA) is 100 Å². The van der Waals surface area contributed by atoms with Gasteiger partial charge < -0.3 is 15.2 Å². The summed E-state index contributed by atoms with van der Waals surface area (Å²) in [6, 6.07) is 0. The Hall–Kier alpha value is -1.47. The van der Waals surface area contributed by atoms with Crippen molar-refractivity contribution < 1.29 is 14.6 Å². The molecule has 1 aliphatic heterocycles. The van der Waals surface area contributed by atoms with Crippen LogP contribution in [0.2, 0.25) is 0 Å². The molecule has 0 saturated carbocycles. The van der Waals surface area contributed by atoms with Gasteiger partial charge in [-0.1, -0.05) is 0 Å². The minimum atomic E-state index is -0.607. The number of rotatable bonds is 3. The van der Waals surface area contributed by atoms with Crippen LogP contribution in [0.4, 0.5) is 0 Å². The monoisotopic (exact) mass is 240 g/mol. The number of nitrogens with zero attached hydrogens (tertiary/aromatic N) is 2. The van der Waals surface area contributed by atoms with E-state index in [0.29, 0.717) is 31.9 Å². The van der Waals surface area contributed by atoms with E-state index in [2.05, 4.69) is 20.5 Å². The van der Waals surface area contributed by atoms with E-state index >= 15 is 0 Å². The first-order valence-electron chi connectivity index (χ1n) is 5.55. The summed E-state index contributed by atoms with van der Waals surface area (Å²) < 4.78 is 5.22. The van der Waals surface area contributed by atoms with E-state index in [9.17, 15) is 9.90 Å². The molecule has 7 heteroatoms. The number of aromatic amines is 1. The normalized spacial score (nSPS) is 18.9. The van der Waals surface area contributed by atoms with Gasteiger partial charge in [-0.3, -0.25) is 9.89 Å². The van der Waals surface area contributed by atoms with Crippen molar-refractivity contribution in [2.75, 3.05) is 19.8 Å². The van der Waals surface area contributed by atoms with Crippen molar-refractivity contribution in [3.05, 3.63) is 11.6 Å². The maximum atomic E-state index is 11.9. The van der Waals surface area contributed by atoms with E-state index in [-0.39, 0.29) is 18.3 Å². The number of H-pyrrole nitrogens is 1. The maximum absolute atomic E-state index is 11.9. The number of amides is 1. The highest BCUT2D eigenvalue weighted by molar-refractivity contribution is 5.90. The van der Waals surface area contributed by atoms with Crippen LogP contribution in [-0.4, -0.2) is 51.6 Å². The predicted molar refractivity (Wildman–Crippen MR) is 58.5 cm³/mol. The Bertz CT molecular complexity index is 398. The third kappa shape index (κ3) is 2.62. The fourth-order valence-electron chi connectivity index (χ4n) is 1.83. The van der Waals surface area contributed by atoms with Crippen molar-refractivity contribution in [1.29, 1.82) is 0 Å². The summed E-state index contributed by atoms with van der Waals surface area (Å²) in [5, 5.41) is 18.6. The zero-order valence-electron chi connectivity index (χ0n) is 9.69. The first kappa shape index (κ1) is 12.0. The highest BCUT2D eigenvalue weighted by Crippen LogP contribution is 2.20. The summed E-state index contributed by atoms with van der Waals surface area (Å²) in [5.41, 5.74) is -0.607. The third-order valence-electron chi connectivity index (χ3n) is 2.93. The summed E-state index contributed by atoms with van der Waals surface area (Å²) in [4.78, 5) is 15.8. The Kier molecular flexibility index (Phi) is 3.39. The van der Waals surface area contributed by atoms with Crippen LogP contribution < -0.4 is 5.32 Å². The lowest BCUT2D eigenvalue weighted by Crippen LogP contribution is -2.54. The van der Waals surface area contributed by atoms with E-state index < -0.39 is 5.54 Å². The molecule has 1 aliphatic rings. The van der Waals surface area contributed by atoms with Gasteiger partial charge in [0.1, 0.15) is 5.82 Å². The van der Waals surface area contributed by atoms with Crippen molar-refractivity contribution in [1.82, 2.24) is 20.5 Å². The number of aryl methyl sites for hydroxylation is 1. The van der Waals surface area contributed by atoms with Crippen LogP contribution in [0.1, 0.15) is 29.3 Å². The molecule has 1 aromatic rings. The Balaban J connectivity index is 2.05. The Labute approximate surface area is 98.6 Å². The number of nitrogens with one attached hydrogen (secondary N) is 2. The number of ether oxygens (including phenoxy) is 1. The van der Waals surface area contributed by atoms with Crippen molar-refractivity contribution in [2.45, 2.75) is 25.3 Å². The number of aromatic nitrogens is 3. The molecule has 0 radical (unpaired) electrons. The SMILES string of the molecule is Cc1nc(C(=O)NC2(CO)CCOCC2)n[nH]1. The van der Waals surface area contributed by atoms with Gasteiger partial charge in [-0.15, -0.1) is 5.10 Å². The first-order chi connectivity index (χ1) is 8.15. The van der Waals surface area contributed by atoms with Crippen LogP contribution in [0.15, 0.2) is 0 Å². The highest BCUT2D eigenvalue weighted by atomic mass is 16.5. The number of carbonyl (C=O) groups is 1. The molecule has 17 heavy (non-hydrogen) atoms. The molecule has 1 saturated heterocycles. The Morgan fingerprint density at radius 3 is 2.82 bits per heavy atom. The number of carbonyl (C=O) groups excluding carboxylic acids is 1. The third-order valence-corrected chi connectivity index (χ3v) is 2.93. The van der Waals surface area contributed by atoms with E-state index in [1.807, 2.05) is 0 Å². The standard InChI is InChI=1S/C10H16N4O3/c1-7-11-8(14-13-7)9(16)12-10(6-15)2-4-17-5-3-10/h15H,2-6H2,1H3,(H,12,16)(H,11,13,14).